The van der Waals surface area contributed by atoms with Gasteiger partial charge in [0.15, 0.2) is 0 Å². The minimum Gasteiger partial charge on any atom is -0.326 e. The Morgan fingerprint density at radius 1 is 1.22 bits per heavy atom. The molecule has 56 valence electrons. The Bertz CT molecular complexity index is 74.1. The van der Waals surface area contributed by atoms with E-state index in [2.05, 4.69) is 50.3 Å². The monoisotopic (exact) mass is 241 g/mol. The summed E-state index contributed by atoms with van der Waals surface area (Å²) in [6.07, 6.45) is 1.06. The van der Waals surface area contributed by atoms with Crippen molar-refractivity contribution in [3.63, 3.8) is 0 Å². The van der Waals surface area contributed by atoms with Crippen LogP contribution in [-0.4, -0.2) is 8.96 Å². The van der Waals surface area contributed by atoms with Crippen LogP contribution in [0.2, 0.25) is 0 Å². The van der Waals surface area contributed by atoms with E-state index in [4.69, 9.17) is 5.73 Å². The highest BCUT2D eigenvalue weighted by molar-refractivity contribution is 14.1. The first kappa shape index (κ1) is 9.69. The molecule has 0 aliphatic carbocycles. The van der Waals surface area contributed by atoms with Gasteiger partial charge in [0.05, 0.1) is 0 Å². The van der Waals surface area contributed by atoms with E-state index in [1.165, 1.54) is 0 Å². The SMILES string of the molecule is CC(C)(N)CC(C)(C)I. The molecule has 0 rings (SSSR count). The van der Waals surface area contributed by atoms with E-state index in [0.29, 0.717) is 3.42 Å². The number of nitrogens with two attached hydrogens (primary N) is 1. The summed E-state index contributed by atoms with van der Waals surface area (Å²) >= 11 is 2.42. The van der Waals surface area contributed by atoms with Gasteiger partial charge in [0.2, 0.25) is 0 Å². The quantitative estimate of drug-likeness (QED) is 0.582. The Hall–Kier alpha value is 0.690. The maximum atomic E-state index is 5.82. The Kier molecular flexibility index (Phi) is 2.95. The second kappa shape index (κ2) is 2.74. The lowest BCUT2D eigenvalue weighted by atomic mass is 9.94. The van der Waals surface area contributed by atoms with Crippen molar-refractivity contribution in [2.24, 2.45) is 5.73 Å². The van der Waals surface area contributed by atoms with Gasteiger partial charge in [0, 0.05) is 8.96 Å². The van der Waals surface area contributed by atoms with E-state index in [0.717, 1.165) is 6.42 Å². The van der Waals surface area contributed by atoms with Gasteiger partial charge in [-0.2, -0.15) is 0 Å². The first-order chi connectivity index (χ1) is 3.71. The number of alkyl halides is 1. The van der Waals surface area contributed by atoms with Crippen molar-refractivity contribution in [1.29, 1.82) is 0 Å². The molecule has 2 heteroatoms. The second-order valence-electron chi connectivity index (χ2n) is 3.88. The van der Waals surface area contributed by atoms with Crippen LogP contribution in [0.5, 0.6) is 0 Å². The standard InChI is InChI=1S/C7H16IN/c1-6(2,8)5-7(3,4)9/h5,9H2,1-4H3. The van der Waals surface area contributed by atoms with Crippen LogP contribution in [0.1, 0.15) is 34.1 Å². The fourth-order valence-corrected chi connectivity index (χ4v) is 2.07. The molecule has 0 aromatic rings. The minimum absolute atomic E-state index is 0.0231. The highest BCUT2D eigenvalue weighted by Crippen LogP contribution is 2.26. The molecule has 2 N–H and O–H groups in total. The van der Waals surface area contributed by atoms with Crippen LogP contribution >= 0.6 is 22.6 Å². The maximum absolute atomic E-state index is 5.82. The van der Waals surface area contributed by atoms with Gasteiger partial charge in [-0.05, 0) is 20.3 Å². The molecule has 0 saturated heterocycles. The Morgan fingerprint density at radius 2 is 1.56 bits per heavy atom. The Morgan fingerprint density at radius 3 is 1.56 bits per heavy atom. The molecular weight excluding hydrogens is 225 g/mol. The molecule has 0 radical (unpaired) electrons. The molecule has 0 heterocycles. The largest absolute Gasteiger partial charge is 0.326 e. The van der Waals surface area contributed by atoms with Crippen molar-refractivity contribution in [1.82, 2.24) is 0 Å². The van der Waals surface area contributed by atoms with Crippen LogP contribution in [0.15, 0.2) is 0 Å². The van der Waals surface area contributed by atoms with Gasteiger partial charge in [0.1, 0.15) is 0 Å². The highest BCUT2D eigenvalue weighted by atomic mass is 127. The third kappa shape index (κ3) is 8.69. The third-order valence-electron chi connectivity index (χ3n) is 0.876. The van der Waals surface area contributed by atoms with Crippen LogP contribution in [-0.2, 0) is 0 Å². The zero-order valence-electron chi connectivity index (χ0n) is 6.66. The second-order valence-corrected chi connectivity index (χ2v) is 6.80. The van der Waals surface area contributed by atoms with Crippen molar-refractivity contribution in [3.05, 3.63) is 0 Å². The molecule has 0 aromatic heterocycles. The summed E-state index contributed by atoms with van der Waals surface area (Å²) < 4.78 is 0.329. The number of hydrogen-bond acceptors (Lipinski definition) is 1. The van der Waals surface area contributed by atoms with Crippen molar-refractivity contribution in [2.75, 3.05) is 0 Å². The van der Waals surface area contributed by atoms with Crippen LogP contribution in [0.4, 0.5) is 0 Å². The number of halogens is 1. The highest BCUT2D eigenvalue weighted by Gasteiger charge is 2.22. The van der Waals surface area contributed by atoms with Crippen molar-refractivity contribution >= 4 is 22.6 Å². The molecule has 0 aliphatic heterocycles. The topological polar surface area (TPSA) is 26.0 Å². The summed E-state index contributed by atoms with van der Waals surface area (Å²) in [6, 6.07) is 0. The lowest BCUT2D eigenvalue weighted by Crippen LogP contribution is -2.37. The lowest BCUT2D eigenvalue weighted by Gasteiger charge is -2.26. The number of rotatable bonds is 2. The van der Waals surface area contributed by atoms with Crippen LogP contribution in [0.3, 0.4) is 0 Å². The van der Waals surface area contributed by atoms with E-state index in [1.807, 2.05) is 0 Å². The van der Waals surface area contributed by atoms with Crippen LogP contribution in [0.25, 0.3) is 0 Å². The first-order valence-corrected chi connectivity index (χ1v) is 4.26. The van der Waals surface area contributed by atoms with E-state index in [1.54, 1.807) is 0 Å². The van der Waals surface area contributed by atoms with Gasteiger partial charge < -0.3 is 5.73 Å². The zero-order valence-corrected chi connectivity index (χ0v) is 8.82. The number of hydrogen-bond donors (Lipinski definition) is 1. The molecule has 0 amide bonds. The molecule has 0 saturated carbocycles. The van der Waals surface area contributed by atoms with Crippen LogP contribution < -0.4 is 5.73 Å². The van der Waals surface area contributed by atoms with Gasteiger partial charge in [-0.25, -0.2) is 0 Å². The summed E-state index contributed by atoms with van der Waals surface area (Å²) in [6.45, 7) is 8.52. The fraction of sp³-hybridized carbons (Fsp3) is 1.00. The average molecular weight is 241 g/mol. The summed E-state index contributed by atoms with van der Waals surface area (Å²) in [4.78, 5) is 0. The summed E-state index contributed by atoms with van der Waals surface area (Å²) in [5.41, 5.74) is 5.79. The molecule has 0 aromatic carbocycles. The Labute approximate surface area is 71.5 Å². The van der Waals surface area contributed by atoms with E-state index in [-0.39, 0.29) is 5.54 Å². The van der Waals surface area contributed by atoms with E-state index >= 15 is 0 Å². The molecule has 0 fully saturated rings. The van der Waals surface area contributed by atoms with Gasteiger partial charge in [0.25, 0.3) is 0 Å². The lowest BCUT2D eigenvalue weighted by molar-refractivity contribution is 0.435. The maximum Gasteiger partial charge on any atom is 0.0183 e. The molecule has 0 spiro atoms. The Balaban J connectivity index is 3.75. The molecular formula is C7H16IN. The van der Waals surface area contributed by atoms with E-state index in [9.17, 15) is 0 Å². The van der Waals surface area contributed by atoms with Crippen LogP contribution in [0, 0.1) is 0 Å². The molecule has 0 bridgehead atoms. The molecule has 0 unspecified atom stereocenters. The van der Waals surface area contributed by atoms with Crippen molar-refractivity contribution < 1.29 is 0 Å². The molecule has 0 aliphatic rings. The predicted octanol–water partition coefficient (Wildman–Crippen LogP) is 2.33. The van der Waals surface area contributed by atoms with Crippen molar-refractivity contribution in [2.45, 2.75) is 43.1 Å². The first-order valence-electron chi connectivity index (χ1n) is 3.18. The van der Waals surface area contributed by atoms with E-state index < -0.39 is 0 Å². The summed E-state index contributed by atoms with van der Waals surface area (Å²) in [5.74, 6) is 0. The molecule has 9 heavy (non-hydrogen) atoms. The fourth-order valence-electron chi connectivity index (χ4n) is 1.08. The summed E-state index contributed by atoms with van der Waals surface area (Å²) in [7, 11) is 0. The van der Waals surface area contributed by atoms with Gasteiger partial charge >= 0.3 is 0 Å². The zero-order chi connectivity index (χ0) is 7.71. The van der Waals surface area contributed by atoms with Gasteiger partial charge in [-0.3, -0.25) is 0 Å². The van der Waals surface area contributed by atoms with Crippen molar-refractivity contribution in [3.8, 4) is 0 Å². The third-order valence-corrected chi connectivity index (χ3v) is 1.26. The minimum atomic E-state index is -0.0231. The smallest absolute Gasteiger partial charge is 0.0183 e. The summed E-state index contributed by atoms with van der Waals surface area (Å²) in [5, 5.41) is 0. The molecule has 0 atom stereocenters. The normalized spacial score (nSPS) is 14.0. The molecule has 1 nitrogen and oxygen atoms in total. The van der Waals surface area contributed by atoms with Gasteiger partial charge in [-0.15, -0.1) is 0 Å². The average Bonchev–Trinajstić information content (AvgIpc) is 1.14. The van der Waals surface area contributed by atoms with Gasteiger partial charge in [-0.1, -0.05) is 36.4 Å². The predicted molar refractivity (Wildman–Crippen MR) is 51.0 cm³/mol.